The molecule has 1 aromatic carbocycles. The molecule has 0 saturated carbocycles. The summed E-state index contributed by atoms with van der Waals surface area (Å²) in [5, 5.41) is 6.25. The number of carbonyl (C=O) groups excluding carboxylic acids is 1. The molecule has 1 amide bonds. The van der Waals surface area contributed by atoms with Crippen LogP contribution in [0.1, 0.15) is 40.0 Å². The Labute approximate surface area is 110 Å². The van der Waals surface area contributed by atoms with Crippen LogP contribution >= 0.6 is 0 Å². The van der Waals surface area contributed by atoms with Gasteiger partial charge in [-0.3, -0.25) is 4.79 Å². The Hall–Kier alpha value is -1.51. The second-order valence-electron chi connectivity index (χ2n) is 5.00. The van der Waals surface area contributed by atoms with Gasteiger partial charge in [-0.25, -0.2) is 0 Å². The van der Waals surface area contributed by atoms with Crippen LogP contribution in [-0.4, -0.2) is 12.5 Å². The minimum Gasteiger partial charge on any atom is -0.385 e. The Morgan fingerprint density at radius 3 is 2.33 bits per heavy atom. The van der Waals surface area contributed by atoms with Crippen molar-refractivity contribution < 1.29 is 4.79 Å². The molecule has 3 nitrogen and oxygen atoms in total. The SMILES string of the molecule is CCCCC(=O)Nc1ccc(NCC(C)C)cc1. The predicted molar refractivity (Wildman–Crippen MR) is 77.9 cm³/mol. The van der Waals surface area contributed by atoms with Gasteiger partial charge in [0.25, 0.3) is 0 Å². The van der Waals surface area contributed by atoms with Crippen LogP contribution in [0.5, 0.6) is 0 Å². The van der Waals surface area contributed by atoms with Crippen LogP contribution in [-0.2, 0) is 4.79 Å². The number of benzene rings is 1. The predicted octanol–water partition coefficient (Wildman–Crippen LogP) is 3.88. The quantitative estimate of drug-likeness (QED) is 0.768. The van der Waals surface area contributed by atoms with E-state index < -0.39 is 0 Å². The van der Waals surface area contributed by atoms with E-state index in [0.29, 0.717) is 12.3 Å². The highest BCUT2D eigenvalue weighted by Crippen LogP contribution is 2.14. The number of hydrogen-bond donors (Lipinski definition) is 2. The molecule has 100 valence electrons. The lowest BCUT2D eigenvalue weighted by molar-refractivity contribution is -0.116. The summed E-state index contributed by atoms with van der Waals surface area (Å²) >= 11 is 0. The number of anilines is 2. The zero-order valence-corrected chi connectivity index (χ0v) is 11.6. The molecule has 0 heterocycles. The summed E-state index contributed by atoms with van der Waals surface area (Å²) in [7, 11) is 0. The van der Waals surface area contributed by atoms with Gasteiger partial charge < -0.3 is 10.6 Å². The smallest absolute Gasteiger partial charge is 0.224 e. The summed E-state index contributed by atoms with van der Waals surface area (Å²) in [6.45, 7) is 7.40. The molecule has 1 rings (SSSR count). The van der Waals surface area contributed by atoms with Crippen LogP contribution < -0.4 is 10.6 Å². The van der Waals surface area contributed by atoms with Gasteiger partial charge in [-0.05, 0) is 36.6 Å². The molecule has 0 aromatic heterocycles. The lowest BCUT2D eigenvalue weighted by Crippen LogP contribution is -2.11. The van der Waals surface area contributed by atoms with Crippen molar-refractivity contribution in [3.8, 4) is 0 Å². The third-order valence-electron chi connectivity index (χ3n) is 2.64. The van der Waals surface area contributed by atoms with Gasteiger partial charge in [0.15, 0.2) is 0 Å². The fourth-order valence-electron chi connectivity index (χ4n) is 1.55. The average molecular weight is 248 g/mol. The first-order chi connectivity index (χ1) is 8.61. The van der Waals surface area contributed by atoms with Crippen molar-refractivity contribution >= 4 is 17.3 Å². The number of hydrogen-bond acceptors (Lipinski definition) is 2. The molecule has 2 N–H and O–H groups in total. The molecule has 0 aliphatic rings. The molecule has 0 aliphatic carbocycles. The first-order valence-corrected chi connectivity index (χ1v) is 6.75. The van der Waals surface area contributed by atoms with Gasteiger partial charge in [-0.1, -0.05) is 27.2 Å². The maximum absolute atomic E-state index is 11.5. The first kappa shape index (κ1) is 14.6. The van der Waals surface area contributed by atoms with E-state index in [1.54, 1.807) is 0 Å². The van der Waals surface area contributed by atoms with Crippen LogP contribution in [0, 0.1) is 5.92 Å². The van der Waals surface area contributed by atoms with Crippen molar-refractivity contribution in [3.05, 3.63) is 24.3 Å². The van der Waals surface area contributed by atoms with Gasteiger partial charge in [0.2, 0.25) is 5.91 Å². The normalized spacial score (nSPS) is 10.4. The molecular weight excluding hydrogens is 224 g/mol. The standard InChI is InChI=1S/C15H24N2O/c1-4-5-6-15(18)17-14-9-7-13(8-10-14)16-11-12(2)3/h7-10,12,16H,4-6,11H2,1-3H3,(H,17,18). The number of unbranched alkanes of at least 4 members (excludes halogenated alkanes) is 1. The van der Waals surface area contributed by atoms with Crippen LogP contribution in [0.15, 0.2) is 24.3 Å². The maximum atomic E-state index is 11.5. The lowest BCUT2D eigenvalue weighted by Gasteiger charge is -2.10. The topological polar surface area (TPSA) is 41.1 Å². The highest BCUT2D eigenvalue weighted by Gasteiger charge is 2.01. The van der Waals surface area contributed by atoms with Crippen molar-refractivity contribution in [3.63, 3.8) is 0 Å². The summed E-state index contributed by atoms with van der Waals surface area (Å²) < 4.78 is 0. The van der Waals surface area contributed by atoms with E-state index in [1.807, 2.05) is 24.3 Å². The van der Waals surface area contributed by atoms with Crippen LogP contribution in [0.3, 0.4) is 0 Å². The van der Waals surface area contributed by atoms with Crippen molar-refractivity contribution in [2.45, 2.75) is 40.0 Å². The molecule has 0 radical (unpaired) electrons. The summed E-state index contributed by atoms with van der Waals surface area (Å²) in [4.78, 5) is 11.5. The minimum absolute atomic E-state index is 0.0970. The highest BCUT2D eigenvalue weighted by atomic mass is 16.1. The number of carbonyl (C=O) groups is 1. The zero-order chi connectivity index (χ0) is 13.4. The Balaban J connectivity index is 2.42. The minimum atomic E-state index is 0.0970. The molecule has 0 saturated heterocycles. The zero-order valence-electron chi connectivity index (χ0n) is 11.6. The molecule has 0 atom stereocenters. The first-order valence-electron chi connectivity index (χ1n) is 6.75. The Kier molecular flexibility index (Phi) is 6.26. The Morgan fingerprint density at radius 2 is 1.78 bits per heavy atom. The molecule has 0 bridgehead atoms. The molecule has 3 heteroatoms. The fourth-order valence-corrected chi connectivity index (χ4v) is 1.55. The van der Waals surface area contributed by atoms with Crippen molar-refractivity contribution in [1.82, 2.24) is 0 Å². The summed E-state index contributed by atoms with van der Waals surface area (Å²) in [6.07, 6.45) is 2.59. The van der Waals surface area contributed by atoms with E-state index in [9.17, 15) is 4.79 Å². The molecule has 0 spiro atoms. The van der Waals surface area contributed by atoms with E-state index in [2.05, 4.69) is 31.4 Å². The number of nitrogens with one attached hydrogen (secondary N) is 2. The molecule has 0 fully saturated rings. The molecule has 1 aromatic rings. The van der Waals surface area contributed by atoms with Crippen molar-refractivity contribution in [2.75, 3.05) is 17.2 Å². The largest absolute Gasteiger partial charge is 0.385 e. The number of rotatable bonds is 7. The van der Waals surface area contributed by atoms with Crippen LogP contribution in [0.4, 0.5) is 11.4 Å². The monoisotopic (exact) mass is 248 g/mol. The van der Waals surface area contributed by atoms with E-state index in [1.165, 1.54) is 0 Å². The van der Waals surface area contributed by atoms with Crippen molar-refractivity contribution in [2.24, 2.45) is 5.92 Å². The second-order valence-corrected chi connectivity index (χ2v) is 5.00. The fraction of sp³-hybridized carbons (Fsp3) is 0.533. The lowest BCUT2D eigenvalue weighted by atomic mass is 10.2. The molecule has 0 unspecified atom stereocenters. The van der Waals surface area contributed by atoms with E-state index in [-0.39, 0.29) is 5.91 Å². The maximum Gasteiger partial charge on any atom is 0.224 e. The number of amides is 1. The third-order valence-corrected chi connectivity index (χ3v) is 2.64. The van der Waals surface area contributed by atoms with Gasteiger partial charge >= 0.3 is 0 Å². The second kappa shape index (κ2) is 7.75. The highest BCUT2D eigenvalue weighted by molar-refractivity contribution is 5.90. The average Bonchev–Trinajstić information content (AvgIpc) is 2.35. The van der Waals surface area contributed by atoms with E-state index in [4.69, 9.17) is 0 Å². The van der Waals surface area contributed by atoms with E-state index >= 15 is 0 Å². The summed E-state index contributed by atoms with van der Waals surface area (Å²) in [5.74, 6) is 0.721. The van der Waals surface area contributed by atoms with Crippen molar-refractivity contribution in [1.29, 1.82) is 0 Å². The Bertz CT molecular complexity index is 357. The van der Waals surface area contributed by atoms with Gasteiger partial charge in [0.1, 0.15) is 0 Å². The Morgan fingerprint density at radius 1 is 1.17 bits per heavy atom. The van der Waals surface area contributed by atoms with Gasteiger partial charge in [0, 0.05) is 24.3 Å². The van der Waals surface area contributed by atoms with Gasteiger partial charge in [0.05, 0.1) is 0 Å². The third kappa shape index (κ3) is 5.71. The van der Waals surface area contributed by atoms with Gasteiger partial charge in [-0.2, -0.15) is 0 Å². The van der Waals surface area contributed by atoms with Crippen LogP contribution in [0.25, 0.3) is 0 Å². The summed E-state index contributed by atoms with van der Waals surface area (Å²) in [6, 6.07) is 7.87. The summed E-state index contributed by atoms with van der Waals surface area (Å²) in [5.41, 5.74) is 1.96. The van der Waals surface area contributed by atoms with Crippen LogP contribution in [0.2, 0.25) is 0 Å². The molecular formula is C15H24N2O. The molecule has 18 heavy (non-hydrogen) atoms. The van der Waals surface area contributed by atoms with E-state index in [0.717, 1.165) is 30.8 Å². The van der Waals surface area contributed by atoms with Gasteiger partial charge in [-0.15, -0.1) is 0 Å². The molecule has 0 aliphatic heterocycles.